The summed E-state index contributed by atoms with van der Waals surface area (Å²) in [5.74, 6) is 4.27. The number of anilines is 2. The first-order valence-electron chi connectivity index (χ1n) is 10.1. The van der Waals surface area contributed by atoms with Crippen LogP contribution in [-0.4, -0.2) is 47.1 Å². The SMILES string of the molecule is CCOc1cccnc1N(C)C1CCN(c2cc3cc([N+](=O)[O-])ccc3[nH]2)C(=C=O)C1. The fraction of sp³-hybridized carbons (Fsp3) is 0.318. The van der Waals surface area contributed by atoms with Crippen molar-refractivity contribution in [1.82, 2.24) is 9.97 Å². The van der Waals surface area contributed by atoms with E-state index in [9.17, 15) is 14.9 Å². The van der Waals surface area contributed by atoms with E-state index in [0.717, 1.165) is 29.0 Å². The molecule has 0 spiro atoms. The largest absolute Gasteiger partial charge is 0.490 e. The number of aromatic nitrogens is 2. The number of fused-ring (bicyclic) bond motifs is 1. The van der Waals surface area contributed by atoms with E-state index in [2.05, 4.69) is 15.9 Å². The highest BCUT2D eigenvalue weighted by atomic mass is 16.6. The summed E-state index contributed by atoms with van der Waals surface area (Å²) >= 11 is 0. The minimum absolute atomic E-state index is 0.0324. The van der Waals surface area contributed by atoms with Gasteiger partial charge in [0.2, 0.25) is 0 Å². The van der Waals surface area contributed by atoms with Gasteiger partial charge < -0.3 is 19.5 Å². The fourth-order valence-electron chi connectivity index (χ4n) is 3.99. The molecule has 160 valence electrons. The molecule has 9 heteroatoms. The van der Waals surface area contributed by atoms with Gasteiger partial charge in [-0.3, -0.25) is 10.1 Å². The summed E-state index contributed by atoms with van der Waals surface area (Å²) in [6.45, 7) is 3.08. The lowest BCUT2D eigenvalue weighted by Gasteiger charge is -2.38. The maximum atomic E-state index is 11.8. The molecule has 3 aromatic rings. The van der Waals surface area contributed by atoms with Crippen LogP contribution < -0.4 is 14.5 Å². The Morgan fingerprint density at radius 1 is 1.39 bits per heavy atom. The normalized spacial score (nSPS) is 16.3. The van der Waals surface area contributed by atoms with Crippen molar-refractivity contribution >= 4 is 34.2 Å². The summed E-state index contributed by atoms with van der Waals surface area (Å²) in [5, 5.41) is 11.8. The number of aromatic amines is 1. The topological polar surface area (TPSA) is 105 Å². The van der Waals surface area contributed by atoms with Crippen molar-refractivity contribution in [1.29, 1.82) is 0 Å². The van der Waals surface area contributed by atoms with Crippen LogP contribution in [0.15, 0.2) is 48.3 Å². The van der Waals surface area contributed by atoms with Gasteiger partial charge in [0, 0.05) is 55.3 Å². The molecular formula is C22H23N5O4. The van der Waals surface area contributed by atoms with E-state index in [-0.39, 0.29) is 11.7 Å². The van der Waals surface area contributed by atoms with Crippen molar-refractivity contribution in [2.24, 2.45) is 0 Å². The second-order valence-electron chi connectivity index (χ2n) is 7.40. The standard InChI is InChI=1S/C22H23N5O4/c1-3-31-20-5-4-9-23-22(20)25(2)16-8-10-26(18(13-16)14-28)21-12-15-11-17(27(29)30)6-7-19(15)24-21/h4-7,9,11-12,16,24H,3,8,10,13H2,1-2H3. The molecule has 1 aromatic carbocycles. The first-order valence-corrected chi connectivity index (χ1v) is 10.1. The fourth-order valence-corrected chi connectivity index (χ4v) is 3.99. The van der Waals surface area contributed by atoms with Crippen LogP contribution in [0.3, 0.4) is 0 Å². The molecule has 2 aromatic heterocycles. The molecule has 9 nitrogen and oxygen atoms in total. The third kappa shape index (κ3) is 3.95. The van der Waals surface area contributed by atoms with Crippen LogP contribution in [0.2, 0.25) is 0 Å². The summed E-state index contributed by atoms with van der Waals surface area (Å²) in [6.07, 6.45) is 3.01. The number of ether oxygens (including phenoxy) is 1. The molecule has 1 atom stereocenters. The molecule has 31 heavy (non-hydrogen) atoms. The molecule has 4 rings (SSSR count). The summed E-state index contributed by atoms with van der Waals surface area (Å²) in [5.41, 5.74) is 1.34. The number of non-ortho nitro benzene ring substituents is 1. The number of rotatable bonds is 6. The minimum Gasteiger partial charge on any atom is -0.490 e. The zero-order chi connectivity index (χ0) is 22.0. The highest BCUT2D eigenvalue weighted by Gasteiger charge is 2.30. The highest BCUT2D eigenvalue weighted by Crippen LogP contribution is 2.34. The first kappa shape index (κ1) is 20.4. The molecule has 1 fully saturated rings. The van der Waals surface area contributed by atoms with Gasteiger partial charge in [-0.25, -0.2) is 9.78 Å². The Kier molecular flexibility index (Phi) is 5.60. The highest BCUT2D eigenvalue weighted by molar-refractivity contribution is 5.87. The van der Waals surface area contributed by atoms with E-state index in [1.165, 1.54) is 12.1 Å². The van der Waals surface area contributed by atoms with Gasteiger partial charge in [0.15, 0.2) is 11.6 Å². The Labute approximate surface area is 179 Å². The zero-order valence-electron chi connectivity index (χ0n) is 17.4. The third-order valence-corrected chi connectivity index (χ3v) is 5.58. The number of piperidine rings is 1. The average Bonchev–Trinajstić information content (AvgIpc) is 3.22. The number of carbonyl (C=O) groups excluding carboxylic acids is 1. The molecule has 1 saturated heterocycles. The molecule has 0 aliphatic carbocycles. The summed E-state index contributed by atoms with van der Waals surface area (Å²) in [4.78, 5) is 34.1. The molecule has 1 unspecified atom stereocenters. The van der Waals surface area contributed by atoms with Crippen molar-refractivity contribution in [3.63, 3.8) is 0 Å². The van der Waals surface area contributed by atoms with Gasteiger partial charge in [-0.15, -0.1) is 0 Å². The number of hydrogen-bond acceptors (Lipinski definition) is 7. The van der Waals surface area contributed by atoms with Gasteiger partial charge in [-0.2, -0.15) is 0 Å². The monoisotopic (exact) mass is 421 g/mol. The average molecular weight is 421 g/mol. The predicted octanol–water partition coefficient (Wildman–Crippen LogP) is 3.69. The lowest BCUT2D eigenvalue weighted by Crippen LogP contribution is -2.43. The summed E-state index contributed by atoms with van der Waals surface area (Å²) < 4.78 is 5.70. The second kappa shape index (κ2) is 8.49. The van der Waals surface area contributed by atoms with E-state index in [1.54, 1.807) is 12.3 Å². The number of nitro groups is 1. The Hall–Kier alpha value is -3.84. The summed E-state index contributed by atoms with van der Waals surface area (Å²) in [6, 6.07) is 10.3. The Morgan fingerprint density at radius 3 is 2.97 bits per heavy atom. The molecule has 1 N–H and O–H groups in total. The van der Waals surface area contributed by atoms with E-state index < -0.39 is 4.92 Å². The molecule has 0 saturated carbocycles. The van der Waals surface area contributed by atoms with Gasteiger partial charge in [-0.05, 0) is 37.6 Å². The molecule has 3 heterocycles. The van der Waals surface area contributed by atoms with Crippen LogP contribution in [0.1, 0.15) is 19.8 Å². The predicted molar refractivity (Wildman–Crippen MR) is 118 cm³/mol. The number of benzene rings is 1. The number of nitrogens with zero attached hydrogens (tertiary/aromatic N) is 4. The van der Waals surface area contributed by atoms with Crippen LogP contribution in [-0.2, 0) is 4.79 Å². The maximum absolute atomic E-state index is 11.8. The molecule has 0 radical (unpaired) electrons. The van der Waals surface area contributed by atoms with E-state index in [0.29, 0.717) is 31.0 Å². The van der Waals surface area contributed by atoms with E-state index in [4.69, 9.17) is 4.74 Å². The maximum Gasteiger partial charge on any atom is 0.270 e. The van der Waals surface area contributed by atoms with Crippen LogP contribution in [0, 0.1) is 10.1 Å². The Morgan fingerprint density at radius 2 is 2.23 bits per heavy atom. The summed E-state index contributed by atoms with van der Waals surface area (Å²) in [7, 11) is 1.95. The third-order valence-electron chi connectivity index (χ3n) is 5.58. The molecule has 1 aliphatic rings. The van der Waals surface area contributed by atoms with Crippen LogP contribution >= 0.6 is 0 Å². The zero-order valence-corrected chi connectivity index (χ0v) is 17.4. The number of nitrogens with one attached hydrogen (secondary N) is 1. The van der Waals surface area contributed by atoms with Crippen molar-refractivity contribution in [3.8, 4) is 5.75 Å². The molecule has 1 aliphatic heterocycles. The Balaban J connectivity index is 1.56. The number of nitro benzene ring substituents is 1. The molecule has 0 bridgehead atoms. The van der Waals surface area contributed by atoms with Gasteiger partial charge >= 0.3 is 0 Å². The lowest BCUT2D eigenvalue weighted by atomic mass is 10.0. The van der Waals surface area contributed by atoms with Crippen LogP contribution in [0.5, 0.6) is 5.75 Å². The van der Waals surface area contributed by atoms with E-state index in [1.807, 2.05) is 42.0 Å². The number of pyridine rings is 1. The van der Waals surface area contributed by atoms with Crippen molar-refractivity contribution in [2.45, 2.75) is 25.8 Å². The van der Waals surface area contributed by atoms with Gasteiger partial charge in [-0.1, -0.05) is 0 Å². The van der Waals surface area contributed by atoms with Gasteiger partial charge in [0.05, 0.1) is 11.5 Å². The number of hydrogen-bond donors (Lipinski definition) is 1. The van der Waals surface area contributed by atoms with Crippen molar-refractivity contribution in [2.75, 3.05) is 30.0 Å². The molecule has 0 amide bonds. The van der Waals surface area contributed by atoms with Crippen LogP contribution in [0.25, 0.3) is 10.9 Å². The van der Waals surface area contributed by atoms with E-state index >= 15 is 0 Å². The minimum atomic E-state index is -0.418. The van der Waals surface area contributed by atoms with Crippen molar-refractivity contribution in [3.05, 3.63) is 58.4 Å². The van der Waals surface area contributed by atoms with Crippen molar-refractivity contribution < 1.29 is 14.5 Å². The first-order chi connectivity index (χ1) is 15.0. The smallest absolute Gasteiger partial charge is 0.270 e. The Bertz CT molecular complexity index is 1170. The van der Waals surface area contributed by atoms with Crippen LogP contribution in [0.4, 0.5) is 17.3 Å². The second-order valence-corrected chi connectivity index (χ2v) is 7.40. The quantitative estimate of drug-likeness (QED) is 0.368. The lowest BCUT2D eigenvalue weighted by molar-refractivity contribution is -0.384. The van der Waals surface area contributed by atoms with Gasteiger partial charge in [0.1, 0.15) is 17.5 Å². The number of H-pyrrole nitrogens is 1. The van der Waals surface area contributed by atoms with Gasteiger partial charge in [0.25, 0.3) is 5.69 Å². The molecular weight excluding hydrogens is 398 g/mol.